The Morgan fingerprint density at radius 2 is 1.87 bits per heavy atom. The molecule has 6 nitrogen and oxygen atoms in total. The van der Waals surface area contributed by atoms with Crippen LogP contribution in [0.5, 0.6) is 11.5 Å². The molecule has 0 aliphatic carbocycles. The van der Waals surface area contributed by atoms with Crippen LogP contribution in [-0.2, 0) is 0 Å². The predicted molar refractivity (Wildman–Crippen MR) is 90.7 cm³/mol. The van der Waals surface area contributed by atoms with E-state index < -0.39 is 0 Å². The van der Waals surface area contributed by atoms with Gasteiger partial charge in [0.1, 0.15) is 16.5 Å². The molecule has 1 aromatic heterocycles. The van der Waals surface area contributed by atoms with Crippen LogP contribution in [0.15, 0.2) is 18.2 Å². The summed E-state index contributed by atoms with van der Waals surface area (Å²) in [5, 5.41) is 12.4. The van der Waals surface area contributed by atoms with E-state index in [0.29, 0.717) is 28.1 Å². The lowest BCUT2D eigenvalue weighted by Crippen LogP contribution is -2.12. The maximum absolute atomic E-state index is 12.4. The van der Waals surface area contributed by atoms with Crippen molar-refractivity contribution in [2.75, 3.05) is 19.5 Å². The number of aromatic nitrogens is 2. The molecule has 1 atom stereocenters. The number of rotatable bonds is 7. The average molecular weight is 335 g/mol. The number of hydrogen-bond acceptors (Lipinski definition) is 6. The van der Waals surface area contributed by atoms with E-state index in [1.54, 1.807) is 32.4 Å². The molecule has 0 aliphatic rings. The molecule has 2 rings (SSSR count). The van der Waals surface area contributed by atoms with Gasteiger partial charge in [-0.15, -0.1) is 10.2 Å². The van der Waals surface area contributed by atoms with Crippen molar-refractivity contribution in [1.29, 1.82) is 0 Å². The Bertz CT molecular complexity index is 650. The van der Waals surface area contributed by atoms with Crippen LogP contribution in [0.3, 0.4) is 0 Å². The van der Waals surface area contributed by atoms with Crippen LogP contribution < -0.4 is 14.8 Å². The number of carbonyl (C=O) groups excluding carboxylic acids is 1. The van der Waals surface area contributed by atoms with Gasteiger partial charge >= 0.3 is 0 Å². The highest BCUT2D eigenvalue weighted by molar-refractivity contribution is 7.15. The van der Waals surface area contributed by atoms with E-state index in [1.807, 2.05) is 0 Å². The summed E-state index contributed by atoms with van der Waals surface area (Å²) in [7, 11) is 3.09. The van der Waals surface area contributed by atoms with Crippen molar-refractivity contribution < 1.29 is 14.3 Å². The number of methoxy groups -OCH3 is 2. The van der Waals surface area contributed by atoms with E-state index in [9.17, 15) is 4.79 Å². The molecule has 0 saturated carbocycles. The molecule has 0 aliphatic heterocycles. The average Bonchev–Trinajstić information content (AvgIpc) is 3.03. The molecule has 0 fully saturated rings. The van der Waals surface area contributed by atoms with E-state index in [4.69, 9.17) is 9.47 Å². The highest BCUT2D eigenvalue weighted by Gasteiger charge is 2.15. The highest BCUT2D eigenvalue weighted by atomic mass is 32.1. The number of carbonyl (C=O) groups is 1. The largest absolute Gasteiger partial charge is 0.497 e. The first-order valence-corrected chi connectivity index (χ1v) is 8.26. The molecule has 23 heavy (non-hydrogen) atoms. The first-order chi connectivity index (χ1) is 11.1. The fourth-order valence-corrected chi connectivity index (χ4v) is 2.97. The van der Waals surface area contributed by atoms with Crippen LogP contribution in [0.1, 0.15) is 48.0 Å². The number of ether oxygens (including phenoxy) is 2. The number of nitrogens with zero attached hydrogens (tertiary/aromatic N) is 2. The van der Waals surface area contributed by atoms with Crippen molar-refractivity contribution in [2.45, 2.75) is 32.6 Å². The zero-order valence-electron chi connectivity index (χ0n) is 13.8. The first-order valence-electron chi connectivity index (χ1n) is 7.45. The summed E-state index contributed by atoms with van der Waals surface area (Å²) in [6.45, 7) is 4.25. The lowest BCUT2D eigenvalue weighted by atomic mass is 10.1. The molecule has 0 spiro atoms. The lowest BCUT2D eigenvalue weighted by molar-refractivity contribution is 0.102. The molecular weight excluding hydrogens is 314 g/mol. The van der Waals surface area contributed by atoms with Gasteiger partial charge in [0.15, 0.2) is 0 Å². The minimum atomic E-state index is -0.270. The Morgan fingerprint density at radius 3 is 2.43 bits per heavy atom. The molecule has 7 heteroatoms. The Labute approximate surface area is 139 Å². The monoisotopic (exact) mass is 335 g/mol. The summed E-state index contributed by atoms with van der Waals surface area (Å²) in [5.74, 6) is 1.20. The maximum atomic E-state index is 12.4. The van der Waals surface area contributed by atoms with Crippen LogP contribution in [0.4, 0.5) is 5.13 Å². The minimum Gasteiger partial charge on any atom is -0.497 e. The minimum absolute atomic E-state index is 0.270. The van der Waals surface area contributed by atoms with Crippen LogP contribution in [0.25, 0.3) is 0 Å². The lowest BCUT2D eigenvalue weighted by Gasteiger charge is -2.07. The van der Waals surface area contributed by atoms with Gasteiger partial charge in [0.25, 0.3) is 5.91 Å². The van der Waals surface area contributed by atoms with Crippen molar-refractivity contribution in [3.8, 4) is 11.5 Å². The van der Waals surface area contributed by atoms with Crippen LogP contribution >= 0.6 is 11.3 Å². The van der Waals surface area contributed by atoms with Crippen LogP contribution in [-0.4, -0.2) is 30.3 Å². The van der Waals surface area contributed by atoms with Crippen molar-refractivity contribution in [2.24, 2.45) is 0 Å². The Morgan fingerprint density at radius 1 is 1.22 bits per heavy atom. The molecule has 0 radical (unpaired) electrons. The standard InChI is InChI=1S/C16H21N3O3S/c1-5-6-10(2)15-18-19-16(23-15)17-14(20)11-7-12(21-3)9-13(8-11)22-4/h7-10H,5-6H2,1-4H3,(H,17,19,20)/t10-/m0/s1. The van der Waals surface area contributed by atoms with Crippen molar-refractivity contribution >= 4 is 22.4 Å². The van der Waals surface area contributed by atoms with E-state index in [1.165, 1.54) is 11.3 Å². The Kier molecular flexibility index (Phi) is 5.92. The molecule has 1 aromatic carbocycles. The SMILES string of the molecule is CCC[C@H](C)c1nnc(NC(=O)c2cc(OC)cc(OC)c2)s1. The van der Waals surface area contributed by atoms with Crippen molar-refractivity contribution in [1.82, 2.24) is 10.2 Å². The Hall–Kier alpha value is -2.15. The van der Waals surface area contributed by atoms with Gasteiger partial charge in [0.2, 0.25) is 5.13 Å². The number of anilines is 1. The third-order valence-electron chi connectivity index (χ3n) is 3.42. The second-order valence-corrected chi connectivity index (χ2v) is 6.20. The smallest absolute Gasteiger partial charge is 0.257 e. The zero-order valence-corrected chi connectivity index (χ0v) is 14.6. The third kappa shape index (κ3) is 4.41. The predicted octanol–water partition coefficient (Wildman–Crippen LogP) is 3.71. The van der Waals surface area contributed by atoms with Crippen LogP contribution in [0, 0.1) is 0 Å². The number of amides is 1. The molecule has 1 heterocycles. The van der Waals surface area contributed by atoms with Gasteiger partial charge in [0.05, 0.1) is 14.2 Å². The van der Waals surface area contributed by atoms with E-state index in [-0.39, 0.29) is 5.91 Å². The van der Waals surface area contributed by atoms with Gasteiger partial charge in [-0.3, -0.25) is 10.1 Å². The van der Waals surface area contributed by atoms with Gasteiger partial charge in [0, 0.05) is 17.5 Å². The fourth-order valence-electron chi connectivity index (χ4n) is 2.15. The molecule has 124 valence electrons. The van der Waals surface area contributed by atoms with Gasteiger partial charge in [-0.1, -0.05) is 31.6 Å². The van der Waals surface area contributed by atoms with Gasteiger partial charge < -0.3 is 9.47 Å². The van der Waals surface area contributed by atoms with E-state index in [0.717, 1.165) is 17.8 Å². The van der Waals surface area contributed by atoms with E-state index in [2.05, 4.69) is 29.4 Å². The summed E-state index contributed by atoms with van der Waals surface area (Å²) < 4.78 is 10.3. The van der Waals surface area contributed by atoms with Crippen molar-refractivity contribution in [3.63, 3.8) is 0 Å². The summed E-state index contributed by atoms with van der Waals surface area (Å²) >= 11 is 1.41. The van der Waals surface area contributed by atoms with Gasteiger partial charge in [-0.05, 0) is 18.6 Å². The van der Waals surface area contributed by atoms with Crippen molar-refractivity contribution in [3.05, 3.63) is 28.8 Å². The first kappa shape index (κ1) is 17.2. The quantitative estimate of drug-likeness (QED) is 0.835. The summed E-state index contributed by atoms with van der Waals surface area (Å²) in [6, 6.07) is 5.02. The molecule has 1 amide bonds. The third-order valence-corrected chi connectivity index (χ3v) is 4.49. The second kappa shape index (κ2) is 7.92. The normalized spacial score (nSPS) is 11.8. The van der Waals surface area contributed by atoms with E-state index >= 15 is 0 Å². The van der Waals surface area contributed by atoms with Crippen LogP contribution in [0.2, 0.25) is 0 Å². The number of hydrogen-bond donors (Lipinski definition) is 1. The highest BCUT2D eigenvalue weighted by Crippen LogP contribution is 2.27. The topological polar surface area (TPSA) is 73.3 Å². The zero-order chi connectivity index (χ0) is 16.8. The maximum Gasteiger partial charge on any atom is 0.257 e. The molecule has 0 saturated heterocycles. The Balaban J connectivity index is 2.13. The summed E-state index contributed by atoms with van der Waals surface area (Å²) in [4.78, 5) is 12.4. The molecule has 0 bridgehead atoms. The molecular formula is C16H21N3O3S. The number of nitrogens with one attached hydrogen (secondary N) is 1. The fraction of sp³-hybridized carbons (Fsp3) is 0.438. The summed E-state index contributed by atoms with van der Waals surface area (Å²) in [6.07, 6.45) is 2.14. The second-order valence-electron chi connectivity index (χ2n) is 5.19. The number of benzene rings is 1. The molecule has 2 aromatic rings. The summed E-state index contributed by atoms with van der Waals surface area (Å²) in [5.41, 5.74) is 0.444. The molecule has 1 N–H and O–H groups in total. The molecule has 0 unspecified atom stereocenters. The van der Waals surface area contributed by atoms with Gasteiger partial charge in [-0.2, -0.15) is 0 Å². The van der Waals surface area contributed by atoms with Gasteiger partial charge in [-0.25, -0.2) is 0 Å².